The molecule has 2 nitrogen and oxygen atoms in total. The van der Waals surface area contributed by atoms with E-state index in [-0.39, 0.29) is 0 Å². The van der Waals surface area contributed by atoms with Crippen LogP contribution in [0.4, 0.5) is 22.7 Å². The monoisotopic (exact) mass is 826 g/mol. The fourth-order valence-electron chi connectivity index (χ4n) is 10.3. The van der Waals surface area contributed by atoms with Crippen molar-refractivity contribution in [1.29, 1.82) is 0 Å². The zero-order chi connectivity index (χ0) is 41.8. The van der Waals surface area contributed by atoms with Crippen molar-refractivity contribution >= 4 is 123 Å². The van der Waals surface area contributed by atoms with Crippen LogP contribution in [-0.2, 0) is 0 Å². The van der Waals surface area contributed by atoms with Crippen LogP contribution in [0.1, 0.15) is 27.7 Å². The van der Waals surface area contributed by atoms with Gasteiger partial charge in [-0.2, -0.15) is 0 Å². The molecule has 0 fully saturated rings. The first-order chi connectivity index (χ1) is 29.5. The molecule has 0 saturated heterocycles. The molecule has 4 heteroatoms. The second-order valence-corrected chi connectivity index (χ2v) is 26.5. The van der Waals surface area contributed by atoms with Crippen LogP contribution in [0.2, 0.25) is 0 Å². The van der Waals surface area contributed by atoms with Crippen molar-refractivity contribution in [2.75, 3.05) is 30.6 Å². The lowest BCUT2D eigenvalue weighted by Gasteiger charge is -2.37. The van der Waals surface area contributed by atoms with E-state index in [0.29, 0.717) is 11.3 Å². The third-order valence-electron chi connectivity index (χ3n) is 14.4. The molecule has 0 saturated carbocycles. The van der Waals surface area contributed by atoms with Crippen molar-refractivity contribution in [2.45, 2.75) is 39.0 Å². The smallest absolute Gasteiger partial charge is 0.123 e. The normalized spacial score (nSPS) is 18.0. The van der Waals surface area contributed by atoms with Crippen LogP contribution in [0.15, 0.2) is 170 Å². The molecule has 0 amide bonds. The summed E-state index contributed by atoms with van der Waals surface area (Å²) >= 11 is 0. The number of hydrogen-bond acceptors (Lipinski definition) is 2. The Kier molecular flexibility index (Phi) is 8.85. The fraction of sp³-hybridized carbons (Fsp3) is 0.158. The van der Waals surface area contributed by atoms with E-state index >= 15 is 0 Å². The highest BCUT2D eigenvalue weighted by Gasteiger charge is 2.50. The quantitative estimate of drug-likeness (QED) is 0.138. The first kappa shape index (κ1) is 38.2. The predicted molar refractivity (Wildman–Crippen MR) is 277 cm³/mol. The van der Waals surface area contributed by atoms with Crippen LogP contribution in [0, 0.1) is 0 Å². The highest BCUT2D eigenvalue weighted by atomic mass is 31.2. The summed E-state index contributed by atoms with van der Waals surface area (Å²) in [6, 6.07) is 65.4. The van der Waals surface area contributed by atoms with Gasteiger partial charge < -0.3 is 10.2 Å². The van der Waals surface area contributed by atoms with E-state index in [1.807, 2.05) is 0 Å². The maximum absolute atomic E-state index is 4.32. The van der Waals surface area contributed by atoms with Crippen molar-refractivity contribution in [3.05, 3.63) is 170 Å². The maximum Gasteiger partial charge on any atom is 0.123 e. The van der Waals surface area contributed by atoms with Gasteiger partial charge in [-0.15, -0.1) is 0 Å². The largest absolute Gasteiger partial charge is 0.349 e. The van der Waals surface area contributed by atoms with E-state index in [4.69, 9.17) is 0 Å². The molecule has 61 heavy (non-hydrogen) atoms. The van der Waals surface area contributed by atoms with Gasteiger partial charge in [-0.05, 0) is 165 Å². The van der Waals surface area contributed by atoms with Gasteiger partial charge in [-0.3, -0.25) is 0 Å². The molecule has 0 radical (unpaired) electrons. The summed E-state index contributed by atoms with van der Waals surface area (Å²) in [5.41, 5.74) is 5.73. The van der Waals surface area contributed by atoms with Crippen LogP contribution in [0.5, 0.6) is 0 Å². The van der Waals surface area contributed by atoms with Crippen molar-refractivity contribution in [2.24, 2.45) is 0 Å². The Hall–Kier alpha value is -5.78. The molecule has 11 rings (SSSR count). The fourth-order valence-corrected chi connectivity index (χ4v) is 17.3. The first-order valence-corrected chi connectivity index (χ1v) is 26.4. The second kappa shape index (κ2) is 14.1. The third kappa shape index (κ3) is 5.91. The molecular weight excluding hydrogens is 775 g/mol. The number of hydrogen-bond donors (Lipinski definition) is 1. The van der Waals surface area contributed by atoms with Crippen LogP contribution in [0.3, 0.4) is 0 Å². The molecule has 1 aliphatic heterocycles. The van der Waals surface area contributed by atoms with E-state index in [9.17, 15) is 0 Å². The lowest BCUT2D eigenvalue weighted by atomic mass is 10.0. The van der Waals surface area contributed by atoms with Crippen molar-refractivity contribution in [3.8, 4) is 0 Å². The summed E-state index contributed by atoms with van der Waals surface area (Å²) in [6.07, 6.45) is 0. The number of anilines is 4. The zero-order valence-corrected chi connectivity index (χ0v) is 38.0. The summed E-state index contributed by atoms with van der Waals surface area (Å²) in [5, 5.41) is 25.4. The minimum absolute atomic E-state index is 0.347. The minimum atomic E-state index is -2.20. The molecule has 1 heterocycles. The third-order valence-corrected chi connectivity index (χ3v) is 24.0. The number of benzene rings is 10. The van der Waals surface area contributed by atoms with E-state index in [0.717, 1.165) is 0 Å². The highest BCUT2D eigenvalue weighted by Crippen LogP contribution is 2.64. The van der Waals surface area contributed by atoms with Crippen LogP contribution < -0.4 is 31.4 Å². The lowest BCUT2D eigenvalue weighted by Crippen LogP contribution is -2.37. The Labute approximate surface area is 360 Å². The Morgan fingerprint density at radius 2 is 0.607 bits per heavy atom. The maximum atomic E-state index is 4.32. The Morgan fingerprint density at radius 3 is 1.02 bits per heavy atom. The molecule has 298 valence electrons. The van der Waals surface area contributed by atoms with Gasteiger partial charge in [-0.1, -0.05) is 97.1 Å². The van der Waals surface area contributed by atoms with Gasteiger partial charge >= 0.3 is 0 Å². The van der Waals surface area contributed by atoms with Crippen LogP contribution in [0.25, 0.3) is 64.6 Å². The Bertz CT molecular complexity index is 3420. The van der Waals surface area contributed by atoms with Gasteiger partial charge in [0.25, 0.3) is 0 Å². The molecule has 2 unspecified atom stereocenters. The standard InChI is InChI=1S/C57H52N2P2/c1-36(2)60(6)54-32-44-22-14-12-20-42(44)28-50(54)58-51-29-46-24-38-16-8-10-18-40(38)26-48(46)34-55(51)61(7,37(3)4)57-35-49-27-41-19-11-9-17-39(41)25-47(49)31-53(57)59(5)52-30-43-21-13-15-23-45(43)33-56(52)60/h8-37,58H,1-7H3/q+2. The average Bonchev–Trinajstić information content (AvgIpc) is 3.27. The SMILES string of the molecule is CC(C)[P+]1(C)c2cc3ccccc3cc2Nc2cc3cc4ccccc4cc3cc2[P+](C)(C(C)C)c2cc3cc4ccccc4cc3cc2N(C)c2cc3ccccc3cc21. The Morgan fingerprint density at radius 1 is 0.344 bits per heavy atom. The number of nitrogens with one attached hydrogen (secondary N) is 1. The molecule has 1 aliphatic rings. The summed E-state index contributed by atoms with van der Waals surface area (Å²) in [6.45, 7) is 15.1. The molecule has 0 bridgehead atoms. The van der Waals surface area contributed by atoms with E-state index in [1.54, 1.807) is 0 Å². The van der Waals surface area contributed by atoms with E-state index < -0.39 is 14.5 Å². The summed E-state index contributed by atoms with van der Waals surface area (Å²) in [4.78, 5) is 2.59. The molecule has 0 aromatic heterocycles. The van der Waals surface area contributed by atoms with Gasteiger partial charge in [0.2, 0.25) is 0 Å². The molecule has 10 aromatic carbocycles. The summed E-state index contributed by atoms with van der Waals surface area (Å²) < 4.78 is 0. The molecule has 0 aliphatic carbocycles. The summed E-state index contributed by atoms with van der Waals surface area (Å²) in [5.74, 6) is 0. The van der Waals surface area contributed by atoms with E-state index in [2.05, 4.69) is 228 Å². The van der Waals surface area contributed by atoms with Gasteiger partial charge in [0.15, 0.2) is 0 Å². The molecule has 1 N–H and O–H groups in total. The zero-order valence-electron chi connectivity index (χ0n) is 36.2. The molecule has 2 atom stereocenters. The van der Waals surface area contributed by atoms with Gasteiger partial charge in [0.05, 0.1) is 61.9 Å². The second-order valence-electron chi connectivity index (χ2n) is 18.2. The number of nitrogens with zero attached hydrogens (tertiary/aromatic N) is 1. The first-order valence-electron chi connectivity index (χ1n) is 21.7. The highest BCUT2D eigenvalue weighted by molar-refractivity contribution is 7.90. The van der Waals surface area contributed by atoms with Crippen molar-refractivity contribution < 1.29 is 0 Å². The molecule has 10 aromatic rings. The van der Waals surface area contributed by atoms with Gasteiger partial charge in [-0.25, -0.2) is 0 Å². The van der Waals surface area contributed by atoms with E-state index in [1.165, 1.54) is 109 Å². The minimum Gasteiger partial charge on any atom is -0.349 e. The number of rotatable bonds is 2. The molecule has 0 spiro atoms. The predicted octanol–water partition coefficient (Wildman–Crippen LogP) is 14.4. The van der Waals surface area contributed by atoms with Crippen LogP contribution in [-0.4, -0.2) is 31.7 Å². The summed E-state index contributed by atoms with van der Waals surface area (Å²) in [7, 11) is -1.99. The van der Waals surface area contributed by atoms with Crippen molar-refractivity contribution in [1.82, 2.24) is 0 Å². The van der Waals surface area contributed by atoms with Crippen molar-refractivity contribution in [3.63, 3.8) is 0 Å². The topological polar surface area (TPSA) is 15.3 Å². The molecular formula is C57H52N2P2+2. The van der Waals surface area contributed by atoms with Crippen LogP contribution >= 0.6 is 14.5 Å². The number of fused-ring (bicyclic) bond motifs is 10. The lowest BCUT2D eigenvalue weighted by molar-refractivity contribution is 1.09. The Balaban J connectivity index is 1.34. The van der Waals surface area contributed by atoms with Gasteiger partial charge in [0, 0.05) is 7.05 Å². The van der Waals surface area contributed by atoms with Gasteiger partial charge in [0.1, 0.15) is 21.2 Å². The average molecular weight is 827 g/mol.